The van der Waals surface area contributed by atoms with Gasteiger partial charge in [-0.1, -0.05) is 13.3 Å². The summed E-state index contributed by atoms with van der Waals surface area (Å²) in [6.07, 6.45) is 5.44. The quantitative estimate of drug-likeness (QED) is 0.643. The van der Waals surface area contributed by atoms with Crippen molar-refractivity contribution in [3.05, 3.63) is 0 Å². The number of piperidine rings is 1. The van der Waals surface area contributed by atoms with Gasteiger partial charge in [-0.2, -0.15) is 0 Å². The van der Waals surface area contributed by atoms with E-state index in [4.69, 9.17) is 0 Å². The highest BCUT2D eigenvalue weighted by Gasteiger charge is 2.17. The van der Waals surface area contributed by atoms with E-state index in [9.17, 15) is 0 Å². The van der Waals surface area contributed by atoms with E-state index in [0.29, 0.717) is 0 Å². The van der Waals surface area contributed by atoms with Crippen LogP contribution in [0.1, 0.15) is 32.6 Å². The van der Waals surface area contributed by atoms with Crippen molar-refractivity contribution < 1.29 is 0 Å². The molecule has 1 aliphatic rings. The average Bonchev–Trinajstić information content (AvgIpc) is 2.09. The second-order valence-electron chi connectivity index (χ2n) is 3.83. The lowest BCUT2D eigenvalue weighted by Crippen LogP contribution is -2.43. The summed E-state index contributed by atoms with van der Waals surface area (Å²) in [5, 5.41) is 3.49. The first-order valence-electron chi connectivity index (χ1n) is 5.25. The second kappa shape index (κ2) is 5.55. The maximum atomic E-state index is 3.49. The molecule has 0 aliphatic carbocycles. The van der Waals surface area contributed by atoms with E-state index < -0.39 is 0 Å². The van der Waals surface area contributed by atoms with Gasteiger partial charge in [0, 0.05) is 12.6 Å². The topological polar surface area (TPSA) is 15.3 Å². The van der Waals surface area contributed by atoms with Crippen molar-refractivity contribution in [1.82, 2.24) is 10.2 Å². The van der Waals surface area contributed by atoms with Gasteiger partial charge >= 0.3 is 0 Å². The molecule has 2 nitrogen and oxygen atoms in total. The van der Waals surface area contributed by atoms with Gasteiger partial charge in [-0.05, 0) is 39.4 Å². The van der Waals surface area contributed by atoms with Crippen LogP contribution in [0.15, 0.2) is 0 Å². The highest BCUT2D eigenvalue weighted by Crippen LogP contribution is 2.13. The molecular formula is C10H22N2. The Morgan fingerprint density at radius 1 is 1.42 bits per heavy atom. The molecule has 0 spiro atoms. The molecule has 1 saturated heterocycles. The van der Waals surface area contributed by atoms with Crippen LogP contribution in [-0.4, -0.2) is 37.6 Å². The summed E-state index contributed by atoms with van der Waals surface area (Å²) in [6, 6.07) is 0.797. The molecule has 0 amide bonds. The van der Waals surface area contributed by atoms with Gasteiger partial charge in [-0.15, -0.1) is 0 Å². The zero-order valence-corrected chi connectivity index (χ0v) is 8.47. The number of nitrogens with one attached hydrogen (secondary N) is 1. The molecule has 72 valence electrons. The van der Waals surface area contributed by atoms with Crippen molar-refractivity contribution >= 4 is 0 Å². The van der Waals surface area contributed by atoms with E-state index in [1.165, 1.54) is 45.3 Å². The monoisotopic (exact) mass is 170 g/mol. The number of hydrogen-bond donors (Lipinski definition) is 1. The second-order valence-corrected chi connectivity index (χ2v) is 3.83. The van der Waals surface area contributed by atoms with Gasteiger partial charge in [0.15, 0.2) is 0 Å². The van der Waals surface area contributed by atoms with Crippen LogP contribution < -0.4 is 5.32 Å². The zero-order chi connectivity index (χ0) is 8.81. The largest absolute Gasteiger partial charge is 0.315 e. The lowest BCUT2D eigenvalue weighted by atomic mass is 10.0. The number of likely N-dealkylation sites (tertiary alicyclic amines) is 1. The number of likely N-dealkylation sites (N-methyl/N-ethyl adjacent to an activating group) is 1. The predicted octanol–water partition coefficient (Wildman–Crippen LogP) is 1.47. The molecule has 1 aliphatic heterocycles. The molecule has 0 saturated carbocycles. The third-order valence-electron chi connectivity index (χ3n) is 2.73. The van der Waals surface area contributed by atoms with E-state index >= 15 is 0 Å². The SMILES string of the molecule is CCCNCC1CCCCN1C. The van der Waals surface area contributed by atoms with E-state index in [0.717, 1.165) is 6.04 Å². The molecule has 1 unspecified atom stereocenters. The number of nitrogens with zero attached hydrogens (tertiary/aromatic N) is 1. The molecule has 0 bridgehead atoms. The van der Waals surface area contributed by atoms with E-state index in [1.54, 1.807) is 0 Å². The zero-order valence-electron chi connectivity index (χ0n) is 8.47. The normalized spacial score (nSPS) is 26.0. The van der Waals surface area contributed by atoms with Crippen LogP contribution in [0.5, 0.6) is 0 Å². The Bertz CT molecular complexity index is 114. The Balaban J connectivity index is 2.11. The van der Waals surface area contributed by atoms with Crippen molar-refractivity contribution in [3.63, 3.8) is 0 Å². The lowest BCUT2D eigenvalue weighted by Gasteiger charge is -2.32. The van der Waals surface area contributed by atoms with Gasteiger partial charge < -0.3 is 10.2 Å². The molecule has 0 aromatic heterocycles. The lowest BCUT2D eigenvalue weighted by molar-refractivity contribution is 0.182. The van der Waals surface area contributed by atoms with E-state index in [2.05, 4.69) is 24.2 Å². The fourth-order valence-corrected chi connectivity index (χ4v) is 1.85. The molecule has 0 aromatic rings. The van der Waals surface area contributed by atoms with Crippen molar-refractivity contribution in [2.75, 3.05) is 26.7 Å². The van der Waals surface area contributed by atoms with Gasteiger partial charge in [0.1, 0.15) is 0 Å². The number of rotatable bonds is 4. The van der Waals surface area contributed by atoms with Gasteiger partial charge in [0.25, 0.3) is 0 Å². The summed E-state index contributed by atoms with van der Waals surface area (Å²) in [7, 11) is 2.25. The van der Waals surface area contributed by atoms with Crippen LogP contribution in [0.2, 0.25) is 0 Å². The summed E-state index contributed by atoms with van der Waals surface area (Å²) >= 11 is 0. The van der Waals surface area contributed by atoms with Crippen LogP contribution in [-0.2, 0) is 0 Å². The first-order chi connectivity index (χ1) is 5.84. The molecule has 1 atom stereocenters. The summed E-state index contributed by atoms with van der Waals surface area (Å²) in [6.45, 7) is 5.87. The smallest absolute Gasteiger partial charge is 0.0217 e. The van der Waals surface area contributed by atoms with Crippen LogP contribution in [0, 0.1) is 0 Å². The first-order valence-corrected chi connectivity index (χ1v) is 5.25. The molecule has 0 radical (unpaired) electrons. The van der Waals surface area contributed by atoms with Crippen molar-refractivity contribution in [3.8, 4) is 0 Å². The molecule has 0 aromatic carbocycles. The first kappa shape index (κ1) is 10.0. The molecular weight excluding hydrogens is 148 g/mol. The minimum atomic E-state index is 0.797. The Hall–Kier alpha value is -0.0800. The van der Waals surface area contributed by atoms with Gasteiger partial charge in [-0.3, -0.25) is 0 Å². The summed E-state index contributed by atoms with van der Waals surface area (Å²) in [4.78, 5) is 2.49. The van der Waals surface area contributed by atoms with E-state index in [1.807, 2.05) is 0 Å². The highest BCUT2D eigenvalue weighted by molar-refractivity contribution is 4.75. The van der Waals surface area contributed by atoms with Gasteiger partial charge in [0.05, 0.1) is 0 Å². The third-order valence-corrected chi connectivity index (χ3v) is 2.73. The van der Waals surface area contributed by atoms with Crippen molar-refractivity contribution in [2.45, 2.75) is 38.6 Å². The third kappa shape index (κ3) is 3.11. The molecule has 1 N–H and O–H groups in total. The van der Waals surface area contributed by atoms with Crippen LogP contribution >= 0.6 is 0 Å². The van der Waals surface area contributed by atoms with Crippen LogP contribution in [0.25, 0.3) is 0 Å². The molecule has 1 fully saturated rings. The Morgan fingerprint density at radius 2 is 2.25 bits per heavy atom. The number of hydrogen-bond acceptors (Lipinski definition) is 2. The standard InChI is InChI=1S/C10H22N2/c1-3-7-11-9-10-6-4-5-8-12(10)2/h10-11H,3-9H2,1-2H3. The molecule has 12 heavy (non-hydrogen) atoms. The molecule has 1 heterocycles. The minimum Gasteiger partial charge on any atom is -0.315 e. The average molecular weight is 170 g/mol. The molecule has 2 heteroatoms. The Labute approximate surface area is 76.3 Å². The van der Waals surface area contributed by atoms with Crippen molar-refractivity contribution in [1.29, 1.82) is 0 Å². The summed E-state index contributed by atoms with van der Waals surface area (Å²) < 4.78 is 0. The van der Waals surface area contributed by atoms with Crippen molar-refractivity contribution in [2.24, 2.45) is 0 Å². The van der Waals surface area contributed by atoms with Crippen LogP contribution in [0.3, 0.4) is 0 Å². The maximum Gasteiger partial charge on any atom is 0.0217 e. The Morgan fingerprint density at radius 3 is 2.92 bits per heavy atom. The highest BCUT2D eigenvalue weighted by atomic mass is 15.2. The van der Waals surface area contributed by atoms with E-state index in [-0.39, 0.29) is 0 Å². The fourth-order valence-electron chi connectivity index (χ4n) is 1.85. The summed E-state index contributed by atoms with van der Waals surface area (Å²) in [5.74, 6) is 0. The predicted molar refractivity (Wildman–Crippen MR) is 53.4 cm³/mol. The fraction of sp³-hybridized carbons (Fsp3) is 1.00. The Kier molecular flexibility index (Phi) is 4.62. The van der Waals surface area contributed by atoms with Gasteiger partial charge in [-0.25, -0.2) is 0 Å². The minimum absolute atomic E-state index is 0.797. The maximum absolute atomic E-state index is 3.49. The van der Waals surface area contributed by atoms with Crippen LogP contribution in [0.4, 0.5) is 0 Å². The van der Waals surface area contributed by atoms with Gasteiger partial charge in [0.2, 0.25) is 0 Å². The molecule has 1 rings (SSSR count). The summed E-state index contributed by atoms with van der Waals surface area (Å²) in [5.41, 5.74) is 0.